The zero-order valence-corrected chi connectivity index (χ0v) is 20.5. The number of carbonyl (C=O) groups is 2. The number of para-hydroxylation sites is 1. The minimum Gasteiger partial charge on any atom is -0.326 e. The molecule has 7 heteroatoms. The van der Waals surface area contributed by atoms with Crippen molar-refractivity contribution in [1.29, 1.82) is 0 Å². The average molecular weight is 483 g/mol. The maximum Gasteiger partial charge on any atom is 0.262 e. The van der Waals surface area contributed by atoms with Gasteiger partial charge in [-0.3, -0.25) is 9.59 Å². The topological polar surface area (TPSA) is 74.1 Å². The molecule has 0 spiro atoms. The van der Waals surface area contributed by atoms with Crippen LogP contribution in [0.4, 0.5) is 5.69 Å². The van der Waals surface area contributed by atoms with Crippen molar-refractivity contribution >= 4 is 40.1 Å². The molecule has 0 fully saturated rings. The first-order chi connectivity index (χ1) is 17.0. The minimum absolute atomic E-state index is 0.0585. The van der Waals surface area contributed by atoms with Crippen molar-refractivity contribution in [3.63, 3.8) is 0 Å². The van der Waals surface area contributed by atoms with Crippen molar-refractivity contribution < 1.29 is 9.59 Å². The van der Waals surface area contributed by atoms with Crippen molar-refractivity contribution in [1.82, 2.24) is 5.01 Å². The molecule has 3 aromatic rings. The van der Waals surface area contributed by atoms with E-state index in [4.69, 9.17) is 5.10 Å². The number of amidine groups is 1. The summed E-state index contributed by atoms with van der Waals surface area (Å²) in [6, 6.07) is 25.9. The fourth-order valence-corrected chi connectivity index (χ4v) is 5.22. The first-order valence-electron chi connectivity index (χ1n) is 11.6. The second-order valence-electron chi connectivity index (χ2n) is 8.85. The van der Waals surface area contributed by atoms with Crippen molar-refractivity contribution in [3.05, 3.63) is 101 Å². The van der Waals surface area contributed by atoms with E-state index in [1.165, 1.54) is 22.9 Å². The number of carbonyl (C=O) groups excluding carboxylic acids is 2. The number of benzene rings is 3. The van der Waals surface area contributed by atoms with Crippen LogP contribution in [0.5, 0.6) is 0 Å². The molecule has 2 heterocycles. The fraction of sp³-hybridized carbons (Fsp3) is 0.214. The highest BCUT2D eigenvalue weighted by Crippen LogP contribution is 2.38. The molecule has 0 bridgehead atoms. The summed E-state index contributed by atoms with van der Waals surface area (Å²) in [7, 11) is 0. The number of aliphatic imine (C=N–C) groups is 1. The lowest BCUT2D eigenvalue weighted by Gasteiger charge is -2.23. The molecular formula is C28H26N4O2S. The molecular weight excluding hydrogens is 456 g/mol. The summed E-state index contributed by atoms with van der Waals surface area (Å²) in [5.41, 5.74) is 6.21. The maximum atomic E-state index is 12.7. The summed E-state index contributed by atoms with van der Waals surface area (Å²) in [5.74, 6) is -0.506. The van der Waals surface area contributed by atoms with E-state index in [1.54, 1.807) is 0 Å². The van der Waals surface area contributed by atoms with Crippen molar-refractivity contribution in [2.45, 2.75) is 38.0 Å². The summed E-state index contributed by atoms with van der Waals surface area (Å²) in [6.07, 6.45) is 0.766. The van der Waals surface area contributed by atoms with Crippen LogP contribution in [0.2, 0.25) is 0 Å². The van der Waals surface area contributed by atoms with Gasteiger partial charge in [0.25, 0.3) is 5.91 Å². The molecule has 2 atom stereocenters. The summed E-state index contributed by atoms with van der Waals surface area (Å²) < 4.78 is 0. The monoisotopic (exact) mass is 482 g/mol. The molecule has 2 amide bonds. The molecule has 6 nitrogen and oxygen atoms in total. The Morgan fingerprint density at radius 3 is 2.31 bits per heavy atom. The summed E-state index contributed by atoms with van der Waals surface area (Å²) in [5, 5.41) is 9.60. The maximum absolute atomic E-state index is 12.7. The number of nitrogens with zero attached hydrogens (tertiary/aromatic N) is 3. The lowest BCUT2D eigenvalue weighted by atomic mass is 9.97. The smallest absolute Gasteiger partial charge is 0.262 e. The predicted octanol–water partition coefficient (Wildman–Crippen LogP) is 5.48. The number of hydrazone groups is 1. The van der Waals surface area contributed by atoms with Crippen LogP contribution < -0.4 is 5.32 Å². The molecule has 176 valence electrons. The molecule has 0 aromatic heterocycles. The first kappa shape index (κ1) is 23.1. The number of thioether (sulfide) groups is 1. The SMILES string of the molecule is Cc1ccc(C2=NN(C3=NC(=O)[C@H](CC(=O)Nc4ccccc4)S3)[C@@H](c3ccc(C)cc3)C2)cc1. The van der Waals surface area contributed by atoms with Crippen LogP contribution in [0.25, 0.3) is 0 Å². The highest BCUT2D eigenvalue weighted by atomic mass is 32.2. The fourth-order valence-electron chi connectivity index (χ4n) is 4.16. The number of nitrogens with one attached hydrogen (secondary N) is 1. The molecule has 2 aliphatic rings. The predicted molar refractivity (Wildman–Crippen MR) is 142 cm³/mol. The van der Waals surface area contributed by atoms with Gasteiger partial charge in [-0.2, -0.15) is 10.1 Å². The zero-order valence-electron chi connectivity index (χ0n) is 19.6. The number of hydrogen-bond acceptors (Lipinski definition) is 5. The van der Waals surface area contributed by atoms with Gasteiger partial charge < -0.3 is 5.32 Å². The Bertz CT molecular complexity index is 1300. The van der Waals surface area contributed by atoms with E-state index in [1.807, 2.05) is 35.3 Å². The second-order valence-corrected chi connectivity index (χ2v) is 10.0. The number of hydrogen-bond donors (Lipinski definition) is 1. The molecule has 0 aliphatic carbocycles. The molecule has 0 saturated carbocycles. The number of aryl methyl sites for hydroxylation is 2. The van der Waals surface area contributed by atoms with E-state index < -0.39 is 5.25 Å². The molecule has 1 N–H and O–H groups in total. The van der Waals surface area contributed by atoms with Gasteiger partial charge in [-0.15, -0.1) is 0 Å². The number of rotatable bonds is 5. The van der Waals surface area contributed by atoms with Gasteiger partial charge in [0, 0.05) is 18.5 Å². The van der Waals surface area contributed by atoms with E-state index >= 15 is 0 Å². The highest BCUT2D eigenvalue weighted by molar-refractivity contribution is 8.15. The van der Waals surface area contributed by atoms with Crippen LogP contribution in [0.1, 0.15) is 41.1 Å². The van der Waals surface area contributed by atoms with Gasteiger partial charge in [0.15, 0.2) is 5.17 Å². The third kappa shape index (κ3) is 5.20. The summed E-state index contributed by atoms with van der Waals surface area (Å²) in [6.45, 7) is 4.12. The molecule has 0 saturated heterocycles. The Morgan fingerprint density at radius 1 is 0.971 bits per heavy atom. The van der Waals surface area contributed by atoms with Crippen molar-refractivity contribution in [3.8, 4) is 0 Å². The molecule has 0 unspecified atom stereocenters. The van der Waals surface area contributed by atoms with Crippen LogP contribution in [0, 0.1) is 13.8 Å². The van der Waals surface area contributed by atoms with Gasteiger partial charge in [-0.1, -0.05) is 89.6 Å². The lowest BCUT2D eigenvalue weighted by Crippen LogP contribution is -2.25. The van der Waals surface area contributed by atoms with Crippen molar-refractivity contribution in [2.24, 2.45) is 10.1 Å². The molecule has 35 heavy (non-hydrogen) atoms. The highest BCUT2D eigenvalue weighted by Gasteiger charge is 2.39. The average Bonchev–Trinajstić information content (AvgIpc) is 3.45. The van der Waals surface area contributed by atoms with Gasteiger partial charge >= 0.3 is 0 Å². The zero-order chi connectivity index (χ0) is 24.4. The van der Waals surface area contributed by atoms with Gasteiger partial charge in [-0.25, -0.2) is 5.01 Å². The van der Waals surface area contributed by atoms with Crippen LogP contribution >= 0.6 is 11.8 Å². The Labute approximate surface area is 209 Å². The van der Waals surface area contributed by atoms with Crippen LogP contribution in [-0.4, -0.2) is 33.0 Å². The minimum atomic E-state index is -0.564. The Hall–Kier alpha value is -3.71. The third-order valence-corrected chi connectivity index (χ3v) is 7.25. The standard InChI is InChI=1S/C28H26N4O2S/c1-18-8-12-20(13-9-18)23-16-24(21-14-10-19(2)11-15-21)32(31-23)28-30-27(34)25(35-28)17-26(33)29-22-6-4-3-5-7-22/h3-15,24-25H,16-17H2,1-2H3,(H,29,33)/t24-,25+/m1/s1. The third-order valence-electron chi connectivity index (χ3n) is 6.11. The van der Waals surface area contributed by atoms with Crippen LogP contribution in [0.3, 0.4) is 0 Å². The van der Waals surface area contributed by atoms with Gasteiger partial charge in [0.05, 0.1) is 11.8 Å². The largest absolute Gasteiger partial charge is 0.326 e. The van der Waals surface area contributed by atoms with Gasteiger partial charge in [0.1, 0.15) is 5.25 Å². The first-order valence-corrected chi connectivity index (χ1v) is 12.5. The molecule has 3 aromatic carbocycles. The second kappa shape index (κ2) is 9.88. The van der Waals surface area contributed by atoms with E-state index in [9.17, 15) is 9.59 Å². The van der Waals surface area contributed by atoms with Crippen LogP contribution in [0.15, 0.2) is 89.0 Å². The Balaban J connectivity index is 1.36. The molecule has 0 radical (unpaired) electrons. The number of amides is 2. The molecule has 2 aliphatic heterocycles. The van der Waals surface area contributed by atoms with E-state index in [0.717, 1.165) is 16.8 Å². The Morgan fingerprint density at radius 2 is 1.63 bits per heavy atom. The molecule has 5 rings (SSSR count). The normalized spacial score (nSPS) is 19.5. The lowest BCUT2D eigenvalue weighted by molar-refractivity contribution is -0.121. The Kier molecular flexibility index (Phi) is 6.51. The van der Waals surface area contributed by atoms with E-state index in [2.05, 4.69) is 72.7 Å². The van der Waals surface area contributed by atoms with Crippen molar-refractivity contribution in [2.75, 3.05) is 5.32 Å². The van der Waals surface area contributed by atoms with Gasteiger partial charge in [-0.05, 0) is 37.1 Å². The van der Waals surface area contributed by atoms with Crippen LogP contribution in [-0.2, 0) is 9.59 Å². The van der Waals surface area contributed by atoms with Gasteiger partial charge in [0.2, 0.25) is 5.91 Å². The number of anilines is 1. The van der Waals surface area contributed by atoms with E-state index in [0.29, 0.717) is 17.3 Å². The van der Waals surface area contributed by atoms with E-state index in [-0.39, 0.29) is 24.3 Å². The quantitative estimate of drug-likeness (QED) is 0.523. The summed E-state index contributed by atoms with van der Waals surface area (Å²) >= 11 is 1.31. The summed E-state index contributed by atoms with van der Waals surface area (Å²) in [4.78, 5) is 29.6.